The van der Waals surface area contributed by atoms with Crippen LogP contribution in [0.25, 0.3) is 11.0 Å². The second-order valence-corrected chi connectivity index (χ2v) is 11.6. The van der Waals surface area contributed by atoms with Crippen molar-refractivity contribution in [2.75, 3.05) is 20.3 Å². The summed E-state index contributed by atoms with van der Waals surface area (Å²) in [5.41, 5.74) is 1.50. The maximum Gasteiger partial charge on any atom is 0.290 e. The van der Waals surface area contributed by atoms with Gasteiger partial charge < -0.3 is 34.3 Å². The van der Waals surface area contributed by atoms with Gasteiger partial charge in [-0.05, 0) is 70.6 Å². The molecule has 0 fully saturated rings. The van der Waals surface area contributed by atoms with Gasteiger partial charge in [-0.1, -0.05) is 48.0 Å². The van der Waals surface area contributed by atoms with E-state index in [1.807, 2.05) is 24.3 Å². The first-order valence-corrected chi connectivity index (χ1v) is 15.1. The molecule has 9 nitrogen and oxygen atoms in total. The lowest BCUT2D eigenvalue weighted by Crippen LogP contribution is -2.54. The summed E-state index contributed by atoms with van der Waals surface area (Å²) in [6, 6.07) is 20.5. The molecule has 1 aliphatic carbocycles. The predicted octanol–water partition coefficient (Wildman–Crippen LogP) is 4.96. The van der Waals surface area contributed by atoms with Gasteiger partial charge in [-0.25, -0.2) is 0 Å². The number of benzene rings is 3. The summed E-state index contributed by atoms with van der Waals surface area (Å²) in [7, 11) is 1.52. The van der Waals surface area contributed by atoms with E-state index in [1.165, 1.54) is 12.0 Å². The zero-order valence-electron chi connectivity index (χ0n) is 23.2. The number of para-hydroxylation sites is 2. The number of furan rings is 1. The molecule has 2 amide bonds. The Morgan fingerprint density at radius 2 is 1.84 bits per heavy atom. The molecule has 4 aromatic rings. The van der Waals surface area contributed by atoms with Crippen LogP contribution >= 0.6 is 34.2 Å². The quantitative estimate of drug-likeness (QED) is 0.199. The Kier molecular flexibility index (Phi) is 9.91. The number of nitrogens with zero attached hydrogens (tertiary/aromatic N) is 1. The number of carbonyl (C=O) groups is 2. The molecule has 0 radical (unpaired) electrons. The van der Waals surface area contributed by atoms with Gasteiger partial charge in [0, 0.05) is 35.5 Å². The summed E-state index contributed by atoms with van der Waals surface area (Å²) in [5, 5.41) is 24.9. The lowest BCUT2D eigenvalue weighted by molar-refractivity contribution is -0.118. The number of fused-ring (bicyclic) bond motifs is 1. The van der Waals surface area contributed by atoms with Crippen LogP contribution in [0.2, 0.25) is 5.02 Å². The molecule has 3 atom stereocenters. The second kappa shape index (κ2) is 13.8. The van der Waals surface area contributed by atoms with E-state index >= 15 is 0 Å². The Balaban J connectivity index is 1.56. The molecule has 3 unspecified atom stereocenters. The molecule has 224 valence electrons. The van der Waals surface area contributed by atoms with E-state index in [2.05, 4.69) is 27.9 Å². The number of carbonyl (C=O) groups excluding carboxylic acids is 2. The Morgan fingerprint density at radius 3 is 2.56 bits per heavy atom. The fourth-order valence-electron chi connectivity index (χ4n) is 5.04. The summed E-state index contributed by atoms with van der Waals surface area (Å²) in [4.78, 5) is 28.9. The Hall–Kier alpha value is -3.58. The molecule has 1 aromatic heterocycles. The number of aliphatic hydroxyl groups excluding tert-OH is 2. The molecule has 43 heavy (non-hydrogen) atoms. The van der Waals surface area contributed by atoms with Crippen molar-refractivity contribution in [2.45, 2.75) is 31.2 Å². The highest BCUT2D eigenvalue weighted by atomic mass is 127. The number of nitrogens with one attached hydrogen (secondary N) is 1. The fraction of sp³-hybridized carbons (Fsp3) is 0.250. The fourth-order valence-corrected chi connectivity index (χ4v) is 5.68. The average molecular weight is 717 g/mol. The third-order valence-electron chi connectivity index (χ3n) is 7.18. The smallest absolute Gasteiger partial charge is 0.290 e. The number of hydrogen-bond donors (Lipinski definition) is 3. The molecular formula is C32H30ClIN2O7. The Labute approximate surface area is 267 Å². The maximum absolute atomic E-state index is 14.3. The van der Waals surface area contributed by atoms with E-state index in [4.69, 9.17) is 25.5 Å². The molecule has 5 rings (SSSR count). The Morgan fingerprint density at radius 1 is 1.09 bits per heavy atom. The normalized spacial score (nSPS) is 18.2. The van der Waals surface area contributed by atoms with Gasteiger partial charge >= 0.3 is 0 Å². The first-order valence-electron chi connectivity index (χ1n) is 13.6. The first kappa shape index (κ1) is 30.9. The van der Waals surface area contributed by atoms with Gasteiger partial charge in [0.2, 0.25) is 5.91 Å². The topological polar surface area (TPSA) is 121 Å². The number of ether oxygens (including phenoxy) is 2. The molecule has 1 aliphatic rings. The molecule has 3 N–H and O–H groups in total. The third-order valence-corrected chi connectivity index (χ3v) is 8.32. The number of methoxy groups -OCH3 is 1. The maximum atomic E-state index is 14.3. The monoisotopic (exact) mass is 716 g/mol. The number of rotatable bonds is 10. The average Bonchev–Trinajstić information content (AvgIpc) is 3.46. The molecule has 0 aliphatic heterocycles. The standard InChI is InChI=1S/C32H30ClIN2O7/c1-41-26-8-4-5-20-16-28(43-30(20)26)32(40)36(18-19-9-11-22(33)12-10-19)24-15-21(31(39)35-13-14-37)17-27(29(24)38)42-25-7-3-2-6-23(25)34/h2-12,16-17,24,27,29,37-38H,13-15,18H2,1H3,(H,35,39). The van der Waals surface area contributed by atoms with E-state index in [1.54, 1.807) is 54.6 Å². The number of aliphatic hydroxyl groups is 2. The van der Waals surface area contributed by atoms with E-state index in [0.29, 0.717) is 33.1 Å². The van der Waals surface area contributed by atoms with Crippen molar-refractivity contribution in [2.24, 2.45) is 0 Å². The van der Waals surface area contributed by atoms with Crippen LogP contribution in [0.15, 0.2) is 88.9 Å². The van der Waals surface area contributed by atoms with Crippen molar-refractivity contribution in [1.82, 2.24) is 10.2 Å². The van der Waals surface area contributed by atoms with Crippen LogP contribution in [0.1, 0.15) is 22.5 Å². The molecule has 3 aromatic carbocycles. The van der Waals surface area contributed by atoms with Crippen molar-refractivity contribution in [3.05, 3.63) is 104 Å². The van der Waals surface area contributed by atoms with E-state index < -0.39 is 30.1 Å². The summed E-state index contributed by atoms with van der Waals surface area (Å²) >= 11 is 8.26. The minimum absolute atomic E-state index is 0.0348. The lowest BCUT2D eigenvalue weighted by atomic mass is 9.87. The van der Waals surface area contributed by atoms with Crippen LogP contribution in [-0.4, -0.2) is 65.4 Å². The van der Waals surface area contributed by atoms with Crippen molar-refractivity contribution in [1.29, 1.82) is 0 Å². The van der Waals surface area contributed by atoms with Crippen LogP contribution < -0.4 is 14.8 Å². The van der Waals surface area contributed by atoms with E-state index in [9.17, 15) is 19.8 Å². The Bertz CT molecular complexity index is 1640. The molecular weight excluding hydrogens is 687 g/mol. The van der Waals surface area contributed by atoms with Crippen molar-refractivity contribution in [3.63, 3.8) is 0 Å². The highest BCUT2D eigenvalue weighted by molar-refractivity contribution is 14.1. The SMILES string of the molecule is COc1cccc2cc(C(=O)N(Cc3ccc(Cl)cc3)C3CC(C(=O)NCCO)=CC(Oc4ccccc4I)C3O)oc12. The number of hydrogen-bond acceptors (Lipinski definition) is 7. The molecule has 0 bridgehead atoms. The highest BCUT2D eigenvalue weighted by Gasteiger charge is 2.41. The zero-order valence-corrected chi connectivity index (χ0v) is 26.1. The van der Waals surface area contributed by atoms with Crippen LogP contribution in [0, 0.1) is 3.57 Å². The van der Waals surface area contributed by atoms with Crippen LogP contribution in [0.5, 0.6) is 11.5 Å². The van der Waals surface area contributed by atoms with E-state index in [0.717, 1.165) is 9.13 Å². The van der Waals surface area contributed by atoms with Crippen LogP contribution in [0.3, 0.4) is 0 Å². The van der Waals surface area contributed by atoms with Crippen molar-refractivity contribution >= 4 is 57.0 Å². The van der Waals surface area contributed by atoms with Crippen LogP contribution in [0.4, 0.5) is 0 Å². The van der Waals surface area contributed by atoms with Crippen LogP contribution in [-0.2, 0) is 11.3 Å². The zero-order chi connectivity index (χ0) is 30.5. The van der Waals surface area contributed by atoms with Gasteiger partial charge in [-0.3, -0.25) is 9.59 Å². The molecule has 0 saturated carbocycles. The largest absolute Gasteiger partial charge is 0.493 e. The van der Waals surface area contributed by atoms with E-state index in [-0.39, 0.29) is 31.9 Å². The minimum Gasteiger partial charge on any atom is -0.493 e. The summed E-state index contributed by atoms with van der Waals surface area (Å²) in [5.74, 6) is 0.155. The van der Waals surface area contributed by atoms with Gasteiger partial charge in [0.1, 0.15) is 18.0 Å². The van der Waals surface area contributed by atoms with Crippen molar-refractivity contribution in [3.8, 4) is 11.5 Å². The summed E-state index contributed by atoms with van der Waals surface area (Å²) in [6.45, 7) is -0.0866. The van der Waals surface area contributed by atoms with Gasteiger partial charge in [0.25, 0.3) is 5.91 Å². The molecule has 1 heterocycles. The first-order chi connectivity index (χ1) is 20.8. The van der Waals surface area contributed by atoms with Crippen molar-refractivity contribution < 1.29 is 33.7 Å². The van der Waals surface area contributed by atoms with Gasteiger partial charge in [0.15, 0.2) is 17.1 Å². The predicted molar refractivity (Wildman–Crippen MR) is 170 cm³/mol. The molecule has 11 heteroatoms. The second-order valence-electron chi connectivity index (χ2n) is 10.00. The molecule has 0 saturated heterocycles. The third kappa shape index (κ3) is 6.98. The summed E-state index contributed by atoms with van der Waals surface area (Å²) < 4.78 is 18.5. The molecule has 0 spiro atoms. The summed E-state index contributed by atoms with van der Waals surface area (Å²) in [6.07, 6.45) is -0.553. The highest BCUT2D eigenvalue weighted by Crippen LogP contribution is 2.33. The number of halogens is 2. The van der Waals surface area contributed by atoms with Gasteiger partial charge in [0.05, 0.1) is 23.3 Å². The minimum atomic E-state index is -1.21. The number of amides is 2. The van der Waals surface area contributed by atoms with Gasteiger partial charge in [-0.15, -0.1) is 0 Å². The van der Waals surface area contributed by atoms with Gasteiger partial charge in [-0.2, -0.15) is 0 Å². The lowest BCUT2D eigenvalue weighted by Gasteiger charge is -2.40.